The highest BCUT2D eigenvalue weighted by Gasteiger charge is 2.19. The van der Waals surface area contributed by atoms with Crippen LogP contribution in [0.5, 0.6) is 0 Å². The van der Waals surface area contributed by atoms with Crippen molar-refractivity contribution in [3.8, 4) is 0 Å². The standard InChI is InChI=1S/C21H24FN3O4/c1-14-3-7-16(8-4-14)18(11-20(27)29-2)25-19(26)13-24-21(28)23-12-15-5-9-17(22)10-6-15/h3-10,18H,11-13H2,1-2H3,(H,25,26)(H2,23,24,28). The molecule has 7 nitrogen and oxygen atoms in total. The van der Waals surface area contributed by atoms with E-state index in [0.29, 0.717) is 0 Å². The van der Waals surface area contributed by atoms with Crippen molar-refractivity contribution in [1.82, 2.24) is 16.0 Å². The number of halogens is 1. The van der Waals surface area contributed by atoms with E-state index in [0.717, 1.165) is 16.7 Å². The normalized spacial score (nSPS) is 11.3. The van der Waals surface area contributed by atoms with Gasteiger partial charge in [0.05, 0.1) is 26.1 Å². The highest BCUT2D eigenvalue weighted by atomic mass is 19.1. The van der Waals surface area contributed by atoms with E-state index in [2.05, 4.69) is 16.0 Å². The number of rotatable bonds is 8. The number of carbonyl (C=O) groups is 3. The summed E-state index contributed by atoms with van der Waals surface area (Å²) in [4.78, 5) is 35.8. The molecule has 1 atom stereocenters. The molecule has 3 amide bonds. The molecular weight excluding hydrogens is 377 g/mol. The average Bonchev–Trinajstić information content (AvgIpc) is 2.71. The number of nitrogens with one attached hydrogen (secondary N) is 3. The van der Waals surface area contributed by atoms with E-state index in [-0.39, 0.29) is 25.3 Å². The smallest absolute Gasteiger partial charge is 0.315 e. The number of methoxy groups -OCH3 is 1. The number of amides is 3. The third kappa shape index (κ3) is 7.61. The van der Waals surface area contributed by atoms with Crippen molar-refractivity contribution in [2.45, 2.75) is 25.9 Å². The average molecular weight is 401 g/mol. The second kappa shape index (κ2) is 10.8. The number of aryl methyl sites for hydroxylation is 1. The first-order chi connectivity index (χ1) is 13.9. The number of benzene rings is 2. The van der Waals surface area contributed by atoms with Crippen LogP contribution in [-0.2, 0) is 20.9 Å². The SMILES string of the molecule is COC(=O)CC(NC(=O)CNC(=O)NCc1ccc(F)cc1)c1ccc(C)cc1. The Balaban J connectivity index is 1.85. The molecule has 3 N–H and O–H groups in total. The summed E-state index contributed by atoms with van der Waals surface area (Å²) in [5, 5.41) is 7.75. The maximum Gasteiger partial charge on any atom is 0.315 e. The van der Waals surface area contributed by atoms with Crippen LogP contribution in [-0.4, -0.2) is 31.6 Å². The molecule has 0 bridgehead atoms. The number of carbonyl (C=O) groups excluding carboxylic acids is 3. The van der Waals surface area contributed by atoms with Crippen LogP contribution < -0.4 is 16.0 Å². The van der Waals surface area contributed by atoms with Crippen molar-refractivity contribution >= 4 is 17.9 Å². The maximum atomic E-state index is 12.9. The Labute approximate surface area is 168 Å². The molecule has 8 heteroatoms. The molecule has 0 spiro atoms. The summed E-state index contributed by atoms with van der Waals surface area (Å²) in [6.07, 6.45) is -0.0257. The first kappa shape index (κ1) is 21.9. The molecule has 2 aromatic carbocycles. The third-order valence-electron chi connectivity index (χ3n) is 4.19. The Hall–Kier alpha value is -3.42. The Morgan fingerprint density at radius 2 is 1.66 bits per heavy atom. The van der Waals surface area contributed by atoms with Crippen molar-refractivity contribution in [3.63, 3.8) is 0 Å². The summed E-state index contributed by atoms with van der Waals surface area (Å²) in [5.74, 6) is -1.26. The lowest BCUT2D eigenvalue weighted by atomic mass is 10.0. The van der Waals surface area contributed by atoms with Crippen LogP contribution >= 0.6 is 0 Å². The highest BCUT2D eigenvalue weighted by molar-refractivity contribution is 5.84. The number of urea groups is 1. The van der Waals surface area contributed by atoms with Crippen LogP contribution in [0.25, 0.3) is 0 Å². The van der Waals surface area contributed by atoms with Gasteiger partial charge < -0.3 is 20.7 Å². The zero-order valence-electron chi connectivity index (χ0n) is 16.3. The number of hydrogen-bond acceptors (Lipinski definition) is 4. The minimum absolute atomic E-state index is 0.0257. The van der Waals surface area contributed by atoms with E-state index < -0.39 is 23.9 Å². The zero-order valence-corrected chi connectivity index (χ0v) is 16.3. The third-order valence-corrected chi connectivity index (χ3v) is 4.19. The first-order valence-corrected chi connectivity index (χ1v) is 9.06. The van der Waals surface area contributed by atoms with Gasteiger partial charge >= 0.3 is 12.0 Å². The number of ether oxygens (including phenoxy) is 1. The van der Waals surface area contributed by atoms with E-state index in [1.807, 2.05) is 31.2 Å². The second-order valence-electron chi connectivity index (χ2n) is 6.47. The van der Waals surface area contributed by atoms with Crippen LogP contribution in [0.2, 0.25) is 0 Å². The van der Waals surface area contributed by atoms with Gasteiger partial charge in [-0.25, -0.2) is 9.18 Å². The van der Waals surface area contributed by atoms with Crippen molar-refractivity contribution in [1.29, 1.82) is 0 Å². The molecule has 29 heavy (non-hydrogen) atoms. The van der Waals surface area contributed by atoms with Crippen molar-refractivity contribution in [3.05, 3.63) is 71.0 Å². The Morgan fingerprint density at radius 1 is 1.00 bits per heavy atom. The van der Waals surface area contributed by atoms with Crippen molar-refractivity contribution < 1.29 is 23.5 Å². The van der Waals surface area contributed by atoms with Crippen molar-refractivity contribution in [2.75, 3.05) is 13.7 Å². The van der Waals surface area contributed by atoms with Gasteiger partial charge in [-0.15, -0.1) is 0 Å². The van der Waals surface area contributed by atoms with Crippen molar-refractivity contribution in [2.24, 2.45) is 0 Å². The molecule has 0 fully saturated rings. The van der Waals surface area contributed by atoms with E-state index in [1.165, 1.54) is 19.2 Å². The number of hydrogen-bond donors (Lipinski definition) is 3. The summed E-state index contributed by atoms with van der Waals surface area (Å²) in [7, 11) is 1.28. The molecule has 1 unspecified atom stereocenters. The number of esters is 1. The van der Waals surface area contributed by atoms with E-state index in [9.17, 15) is 18.8 Å². The van der Waals surface area contributed by atoms with Gasteiger partial charge in [0, 0.05) is 6.54 Å². The van der Waals surface area contributed by atoms with Gasteiger partial charge in [-0.05, 0) is 30.2 Å². The molecule has 2 rings (SSSR count). The van der Waals surface area contributed by atoms with Gasteiger partial charge in [0.25, 0.3) is 0 Å². The minimum atomic E-state index is -0.570. The van der Waals surface area contributed by atoms with Crippen LogP contribution in [0.3, 0.4) is 0 Å². The lowest BCUT2D eigenvalue weighted by Crippen LogP contribution is -2.43. The molecule has 0 saturated carbocycles. The van der Waals surface area contributed by atoms with Gasteiger partial charge in [-0.1, -0.05) is 42.0 Å². The topological polar surface area (TPSA) is 96.5 Å². The van der Waals surface area contributed by atoms with Crippen LogP contribution in [0.4, 0.5) is 9.18 Å². The van der Waals surface area contributed by atoms with Crippen LogP contribution in [0.15, 0.2) is 48.5 Å². The summed E-state index contributed by atoms with van der Waals surface area (Å²) in [6.45, 7) is 1.87. The van der Waals surface area contributed by atoms with E-state index in [4.69, 9.17) is 4.74 Å². The monoisotopic (exact) mass is 401 g/mol. The Kier molecular flexibility index (Phi) is 8.14. The Morgan fingerprint density at radius 3 is 2.28 bits per heavy atom. The molecule has 0 aliphatic carbocycles. The van der Waals surface area contributed by atoms with Gasteiger partial charge in [-0.3, -0.25) is 9.59 Å². The lowest BCUT2D eigenvalue weighted by molar-refractivity contribution is -0.141. The largest absolute Gasteiger partial charge is 0.469 e. The summed E-state index contributed by atoms with van der Waals surface area (Å²) >= 11 is 0. The lowest BCUT2D eigenvalue weighted by Gasteiger charge is -2.19. The van der Waals surface area contributed by atoms with Gasteiger partial charge in [0.15, 0.2) is 0 Å². The predicted octanol–water partition coefficient (Wildman–Crippen LogP) is 2.35. The molecule has 0 aliphatic heterocycles. The first-order valence-electron chi connectivity index (χ1n) is 9.06. The Bertz CT molecular complexity index is 838. The minimum Gasteiger partial charge on any atom is -0.469 e. The fraction of sp³-hybridized carbons (Fsp3) is 0.286. The molecule has 0 heterocycles. The quantitative estimate of drug-likeness (QED) is 0.592. The second-order valence-corrected chi connectivity index (χ2v) is 6.47. The van der Waals surface area contributed by atoms with Gasteiger partial charge in [0.2, 0.25) is 5.91 Å². The molecule has 0 aliphatic rings. The summed E-state index contributed by atoms with van der Waals surface area (Å²) in [6, 6.07) is 12.0. The fourth-order valence-corrected chi connectivity index (χ4v) is 2.55. The maximum absolute atomic E-state index is 12.9. The summed E-state index contributed by atoms with van der Waals surface area (Å²) in [5.41, 5.74) is 2.54. The van der Waals surface area contributed by atoms with Gasteiger partial charge in [-0.2, -0.15) is 0 Å². The van der Waals surface area contributed by atoms with Crippen LogP contribution in [0.1, 0.15) is 29.2 Å². The van der Waals surface area contributed by atoms with E-state index >= 15 is 0 Å². The molecular formula is C21H24FN3O4. The van der Waals surface area contributed by atoms with E-state index in [1.54, 1.807) is 12.1 Å². The molecule has 154 valence electrons. The highest BCUT2D eigenvalue weighted by Crippen LogP contribution is 2.18. The molecule has 0 saturated heterocycles. The predicted molar refractivity (Wildman–Crippen MR) is 105 cm³/mol. The summed E-state index contributed by atoms with van der Waals surface area (Å²) < 4.78 is 17.6. The fourth-order valence-electron chi connectivity index (χ4n) is 2.55. The van der Waals surface area contributed by atoms with Crippen LogP contribution in [0, 0.1) is 12.7 Å². The molecule has 0 radical (unpaired) electrons. The van der Waals surface area contributed by atoms with Gasteiger partial charge in [0.1, 0.15) is 5.82 Å². The zero-order chi connectivity index (χ0) is 21.2. The molecule has 0 aromatic heterocycles. The molecule has 2 aromatic rings.